The summed E-state index contributed by atoms with van der Waals surface area (Å²) < 4.78 is 10.5. The van der Waals surface area contributed by atoms with Crippen molar-refractivity contribution in [1.82, 2.24) is 0 Å². The molecular weight excluding hydrogens is 242 g/mol. The highest BCUT2D eigenvalue weighted by atomic mass is 35.5. The number of hydrogen-bond donors (Lipinski definition) is 1. The minimum Gasteiger partial charge on any atom is -0.459 e. The Balaban J connectivity index is 2.05. The van der Waals surface area contributed by atoms with E-state index in [1.807, 2.05) is 0 Å². The summed E-state index contributed by atoms with van der Waals surface area (Å²) >= 11 is 5.82. The lowest BCUT2D eigenvalue weighted by molar-refractivity contribution is -0.0158. The zero-order valence-electron chi connectivity index (χ0n) is 9.32. The van der Waals surface area contributed by atoms with Crippen molar-refractivity contribution < 1.29 is 14.3 Å². The van der Waals surface area contributed by atoms with Crippen LogP contribution in [0.3, 0.4) is 0 Å². The number of rotatable bonds is 2. The highest BCUT2D eigenvalue weighted by Gasteiger charge is 2.20. The largest absolute Gasteiger partial charge is 0.459 e. The second-order valence-electron chi connectivity index (χ2n) is 3.95. The van der Waals surface area contributed by atoms with Crippen molar-refractivity contribution >= 4 is 23.3 Å². The predicted octanol–water partition coefficient (Wildman–Crippen LogP) is 2.26. The Morgan fingerprint density at radius 3 is 2.82 bits per heavy atom. The minimum absolute atomic E-state index is 0.0883. The third-order valence-corrected chi connectivity index (χ3v) is 2.91. The number of hydrogen-bond acceptors (Lipinski definition) is 4. The van der Waals surface area contributed by atoms with E-state index in [9.17, 15) is 4.79 Å². The molecule has 1 saturated heterocycles. The van der Waals surface area contributed by atoms with Crippen LogP contribution in [0.5, 0.6) is 0 Å². The van der Waals surface area contributed by atoms with E-state index in [4.69, 9.17) is 26.8 Å². The van der Waals surface area contributed by atoms with Crippen LogP contribution in [-0.2, 0) is 9.47 Å². The van der Waals surface area contributed by atoms with Gasteiger partial charge >= 0.3 is 5.97 Å². The molecule has 1 aliphatic rings. The van der Waals surface area contributed by atoms with Gasteiger partial charge in [0.1, 0.15) is 6.10 Å². The number of anilines is 1. The summed E-state index contributed by atoms with van der Waals surface area (Å²) in [5.74, 6) is -0.420. The molecule has 0 aliphatic carbocycles. The molecule has 5 heteroatoms. The van der Waals surface area contributed by atoms with Crippen LogP contribution >= 0.6 is 11.6 Å². The van der Waals surface area contributed by atoms with E-state index < -0.39 is 5.97 Å². The first-order chi connectivity index (χ1) is 8.16. The standard InChI is InChI=1S/C12H14ClNO3/c13-8-1-2-11(14)10(7-8)12(15)17-9-3-5-16-6-4-9/h1-2,7,9H,3-6,14H2. The quantitative estimate of drug-likeness (QED) is 0.650. The van der Waals surface area contributed by atoms with Gasteiger partial charge < -0.3 is 15.2 Å². The van der Waals surface area contributed by atoms with Crippen LogP contribution in [0.2, 0.25) is 5.02 Å². The van der Waals surface area contributed by atoms with Crippen LogP contribution in [0.15, 0.2) is 18.2 Å². The number of halogens is 1. The molecule has 0 saturated carbocycles. The van der Waals surface area contributed by atoms with Gasteiger partial charge in [-0.1, -0.05) is 11.6 Å². The number of carbonyl (C=O) groups excluding carboxylic acids is 1. The number of nitrogen functional groups attached to an aromatic ring is 1. The van der Waals surface area contributed by atoms with Crippen LogP contribution in [0.25, 0.3) is 0 Å². The van der Waals surface area contributed by atoms with Crippen molar-refractivity contribution in [3.63, 3.8) is 0 Å². The first-order valence-corrected chi connectivity index (χ1v) is 5.88. The SMILES string of the molecule is Nc1ccc(Cl)cc1C(=O)OC1CCOCC1. The van der Waals surface area contributed by atoms with Crippen LogP contribution in [0.1, 0.15) is 23.2 Å². The lowest BCUT2D eigenvalue weighted by Crippen LogP contribution is -2.26. The summed E-state index contributed by atoms with van der Waals surface area (Å²) in [6, 6.07) is 4.77. The lowest BCUT2D eigenvalue weighted by Gasteiger charge is -2.22. The van der Waals surface area contributed by atoms with Crippen molar-refractivity contribution in [3.8, 4) is 0 Å². The molecule has 0 amide bonds. The van der Waals surface area contributed by atoms with Gasteiger partial charge in [0.05, 0.1) is 18.8 Å². The average molecular weight is 256 g/mol. The van der Waals surface area contributed by atoms with Crippen molar-refractivity contribution in [2.75, 3.05) is 18.9 Å². The molecular formula is C12H14ClNO3. The molecule has 1 aliphatic heterocycles. The maximum Gasteiger partial charge on any atom is 0.340 e. The first-order valence-electron chi connectivity index (χ1n) is 5.50. The maximum absolute atomic E-state index is 11.9. The number of benzene rings is 1. The minimum atomic E-state index is -0.420. The summed E-state index contributed by atoms with van der Waals surface area (Å²) in [6.45, 7) is 1.26. The number of nitrogens with two attached hydrogens (primary N) is 1. The first kappa shape index (κ1) is 12.2. The molecule has 4 nitrogen and oxygen atoms in total. The van der Waals surface area contributed by atoms with Gasteiger partial charge in [-0.05, 0) is 18.2 Å². The molecule has 17 heavy (non-hydrogen) atoms. The van der Waals surface area contributed by atoms with Crippen LogP contribution in [0, 0.1) is 0 Å². The van der Waals surface area contributed by atoms with E-state index in [1.54, 1.807) is 12.1 Å². The molecule has 2 rings (SSSR count). The van der Waals surface area contributed by atoms with Gasteiger partial charge in [-0.2, -0.15) is 0 Å². The van der Waals surface area contributed by atoms with Crippen molar-refractivity contribution in [2.24, 2.45) is 0 Å². The fraction of sp³-hybridized carbons (Fsp3) is 0.417. The molecule has 1 aromatic rings. The third-order valence-electron chi connectivity index (χ3n) is 2.68. The monoisotopic (exact) mass is 255 g/mol. The van der Waals surface area contributed by atoms with Crippen molar-refractivity contribution in [2.45, 2.75) is 18.9 Å². The lowest BCUT2D eigenvalue weighted by atomic mass is 10.1. The summed E-state index contributed by atoms with van der Waals surface area (Å²) in [6.07, 6.45) is 1.37. The Morgan fingerprint density at radius 1 is 1.41 bits per heavy atom. The van der Waals surface area contributed by atoms with Gasteiger partial charge in [-0.15, -0.1) is 0 Å². The van der Waals surface area contributed by atoms with E-state index in [0.717, 1.165) is 12.8 Å². The fourth-order valence-corrected chi connectivity index (χ4v) is 1.89. The van der Waals surface area contributed by atoms with Crippen LogP contribution in [-0.4, -0.2) is 25.3 Å². The number of carbonyl (C=O) groups is 1. The molecule has 0 radical (unpaired) electrons. The summed E-state index contributed by atoms with van der Waals surface area (Å²) in [5.41, 5.74) is 6.42. The molecule has 0 bridgehead atoms. The van der Waals surface area contributed by atoms with Crippen LogP contribution in [0.4, 0.5) is 5.69 Å². The topological polar surface area (TPSA) is 61.6 Å². The van der Waals surface area contributed by atoms with E-state index in [0.29, 0.717) is 29.5 Å². The molecule has 92 valence electrons. The van der Waals surface area contributed by atoms with E-state index in [2.05, 4.69) is 0 Å². The highest BCUT2D eigenvalue weighted by molar-refractivity contribution is 6.31. The van der Waals surface area contributed by atoms with Gasteiger partial charge in [-0.25, -0.2) is 4.79 Å². The average Bonchev–Trinajstić information content (AvgIpc) is 2.33. The number of esters is 1. The Labute approximate surface area is 105 Å². The zero-order chi connectivity index (χ0) is 12.3. The molecule has 1 heterocycles. The molecule has 1 aromatic carbocycles. The van der Waals surface area contributed by atoms with Crippen molar-refractivity contribution in [1.29, 1.82) is 0 Å². The highest BCUT2D eigenvalue weighted by Crippen LogP contribution is 2.21. The van der Waals surface area contributed by atoms with Gasteiger partial charge in [0.25, 0.3) is 0 Å². The predicted molar refractivity (Wildman–Crippen MR) is 65.1 cm³/mol. The Morgan fingerprint density at radius 2 is 2.12 bits per heavy atom. The van der Waals surface area contributed by atoms with E-state index >= 15 is 0 Å². The van der Waals surface area contributed by atoms with Gasteiger partial charge in [-0.3, -0.25) is 0 Å². The summed E-state index contributed by atoms with van der Waals surface area (Å²) in [5, 5.41) is 0.470. The normalized spacial score (nSPS) is 16.8. The number of ether oxygens (including phenoxy) is 2. The molecule has 0 unspecified atom stereocenters. The summed E-state index contributed by atoms with van der Waals surface area (Å²) in [4.78, 5) is 11.9. The van der Waals surface area contributed by atoms with Gasteiger partial charge in [0.2, 0.25) is 0 Å². The third kappa shape index (κ3) is 3.11. The summed E-state index contributed by atoms with van der Waals surface area (Å²) in [7, 11) is 0. The second kappa shape index (κ2) is 5.38. The molecule has 1 fully saturated rings. The van der Waals surface area contributed by atoms with E-state index in [-0.39, 0.29) is 6.10 Å². The second-order valence-corrected chi connectivity index (χ2v) is 4.39. The Kier molecular flexibility index (Phi) is 3.86. The smallest absolute Gasteiger partial charge is 0.340 e. The zero-order valence-corrected chi connectivity index (χ0v) is 10.1. The van der Waals surface area contributed by atoms with Gasteiger partial charge in [0.15, 0.2) is 0 Å². The molecule has 0 aromatic heterocycles. The van der Waals surface area contributed by atoms with Gasteiger partial charge in [0, 0.05) is 23.6 Å². The van der Waals surface area contributed by atoms with Crippen LogP contribution < -0.4 is 5.73 Å². The fourth-order valence-electron chi connectivity index (χ4n) is 1.71. The molecule has 0 spiro atoms. The maximum atomic E-state index is 11.9. The van der Waals surface area contributed by atoms with E-state index in [1.165, 1.54) is 6.07 Å². The molecule has 2 N–H and O–H groups in total. The van der Waals surface area contributed by atoms with Crippen molar-refractivity contribution in [3.05, 3.63) is 28.8 Å². The Hall–Kier alpha value is -1.26. The molecule has 0 atom stereocenters. The Bertz CT molecular complexity index is 416.